The zero-order chi connectivity index (χ0) is 16.4. The number of carbonyl (C=O) groups excluding carboxylic acids is 1. The summed E-state index contributed by atoms with van der Waals surface area (Å²) < 4.78 is 5.05. The van der Waals surface area contributed by atoms with Crippen LogP contribution >= 0.6 is 11.3 Å². The lowest BCUT2D eigenvalue weighted by Gasteiger charge is -2.08. The summed E-state index contributed by atoms with van der Waals surface area (Å²) in [6.07, 6.45) is 6.62. The molecular weight excluding hydrogens is 310 g/mol. The smallest absolute Gasteiger partial charge is 0.261 e. The topological polar surface area (TPSA) is 78.9 Å². The lowest BCUT2D eigenvalue weighted by Crippen LogP contribution is -2.13. The zero-order valence-corrected chi connectivity index (χ0v) is 14.2. The molecule has 0 spiro atoms. The number of nitrogens with zero attached hydrogens (tertiary/aromatic N) is 2. The van der Waals surface area contributed by atoms with E-state index in [4.69, 9.17) is 4.52 Å². The summed E-state index contributed by atoms with van der Waals surface area (Å²) in [5.74, 6) is 0.236. The van der Waals surface area contributed by atoms with Crippen LogP contribution in [0.15, 0.2) is 4.52 Å². The Kier molecular flexibility index (Phi) is 4.49. The summed E-state index contributed by atoms with van der Waals surface area (Å²) in [6.45, 7) is 3.46. The molecule has 1 aliphatic rings. The number of hydrogen-bond donors (Lipinski definition) is 1. The molecule has 1 N–H and O–H groups in total. The summed E-state index contributed by atoms with van der Waals surface area (Å²) in [6, 6.07) is 2.29. The average Bonchev–Trinajstić information content (AvgIpc) is 2.99. The summed E-state index contributed by atoms with van der Waals surface area (Å²) in [5.41, 5.74) is 2.78. The SMILES string of the molecule is Cc1noc(C)c1C(=O)Nc1sc2c(c1C#N)CCCCCC2. The number of carbonyl (C=O) groups is 1. The van der Waals surface area contributed by atoms with Crippen LogP contribution in [0.2, 0.25) is 0 Å². The number of aryl methyl sites for hydroxylation is 3. The van der Waals surface area contributed by atoms with Gasteiger partial charge in [0.05, 0.1) is 11.3 Å². The quantitative estimate of drug-likeness (QED) is 0.898. The Morgan fingerprint density at radius 3 is 2.65 bits per heavy atom. The molecule has 120 valence electrons. The number of rotatable bonds is 2. The first-order chi connectivity index (χ1) is 11.1. The van der Waals surface area contributed by atoms with E-state index in [1.807, 2.05) is 0 Å². The summed E-state index contributed by atoms with van der Waals surface area (Å²) >= 11 is 1.54. The maximum atomic E-state index is 12.5. The summed E-state index contributed by atoms with van der Waals surface area (Å²) in [7, 11) is 0. The van der Waals surface area contributed by atoms with Crippen molar-refractivity contribution < 1.29 is 9.32 Å². The van der Waals surface area contributed by atoms with Crippen molar-refractivity contribution in [3.05, 3.63) is 33.0 Å². The van der Waals surface area contributed by atoms with E-state index in [0.29, 0.717) is 27.6 Å². The van der Waals surface area contributed by atoms with Gasteiger partial charge in [0.1, 0.15) is 22.4 Å². The van der Waals surface area contributed by atoms with Gasteiger partial charge in [-0.05, 0) is 45.1 Å². The molecule has 0 bridgehead atoms. The molecule has 23 heavy (non-hydrogen) atoms. The van der Waals surface area contributed by atoms with Crippen molar-refractivity contribution in [1.82, 2.24) is 5.16 Å². The number of fused-ring (bicyclic) bond motifs is 1. The minimum absolute atomic E-state index is 0.257. The molecule has 2 heterocycles. The minimum Gasteiger partial charge on any atom is -0.361 e. The number of nitrogens with one attached hydrogen (secondary N) is 1. The van der Waals surface area contributed by atoms with Crippen molar-refractivity contribution in [2.45, 2.75) is 52.4 Å². The predicted octanol–water partition coefficient (Wildman–Crippen LogP) is 4.14. The Bertz CT molecular complexity index is 763. The number of hydrogen-bond acceptors (Lipinski definition) is 5. The van der Waals surface area contributed by atoms with Gasteiger partial charge >= 0.3 is 0 Å². The monoisotopic (exact) mass is 329 g/mol. The maximum Gasteiger partial charge on any atom is 0.261 e. The molecule has 0 aliphatic heterocycles. The molecule has 0 atom stereocenters. The third-order valence-corrected chi connectivity index (χ3v) is 5.48. The van der Waals surface area contributed by atoms with Crippen LogP contribution in [0.25, 0.3) is 0 Å². The molecule has 0 fully saturated rings. The van der Waals surface area contributed by atoms with Crippen LogP contribution < -0.4 is 5.32 Å². The molecule has 6 heteroatoms. The van der Waals surface area contributed by atoms with E-state index in [-0.39, 0.29) is 5.91 Å². The maximum absolute atomic E-state index is 12.5. The second kappa shape index (κ2) is 6.55. The summed E-state index contributed by atoms with van der Waals surface area (Å²) in [4.78, 5) is 13.8. The van der Waals surface area contributed by atoms with Crippen LogP contribution in [-0.4, -0.2) is 11.1 Å². The Morgan fingerprint density at radius 1 is 1.26 bits per heavy atom. The van der Waals surface area contributed by atoms with Crippen molar-refractivity contribution in [2.75, 3.05) is 5.32 Å². The van der Waals surface area contributed by atoms with Gasteiger partial charge in [-0.2, -0.15) is 5.26 Å². The van der Waals surface area contributed by atoms with Crippen molar-refractivity contribution in [2.24, 2.45) is 0 Å². The highest BCUT2D eigenvalue weighted by Crippen LogP contribution is 2.36. The molecule has 0 saturated carbocycles. The lowest BCUT2D eigenvalue weighted by molar-refractivity contribution is 0.102. The highest BCUT2D eigenvalue weighted by molar-refractivity contribution is 7.16. The van der Waals surface area contributed by atoms with Crippen LogP contribution in [0.5, 0.6) is 0 Å². The Labute approximate surface area is 139 Å². The molecular formula is C17H19N3O2S. The second-order valence-corrected chi connectivity index (χ2v) is 6.99. The van der Waals surface area contributed by atoms with E-state index in [1.165, 1.54) is 17.7 Å². The molecule has 1 aliphatic carbocycles. The standard InChI is InChI=1S/C17H19N3O2S/c1-10-15(11(2)22-20-10)16(21)19-17-13(9-18)12-7-5-3-4-6-8-14(12)23-17/h3-8H2,1-2H3,(H,19,21). The fraction of sp³-hybridized carbons (Fsp3) is 0.471. The zero-order valence-electron chi connectivity index (χ0n) is 13.4. The minimum atomic E-state index is -0.257. The van der Waals surface area contributed by atoms with Crippen LogP contribution in [-0.2, 0) is 12.8 Å². The highest BCUT2D eigenvalue weighted by Gasteiger charge is 2.23. The largest absolute Gasteiger partial charge is 0.361 e. The van der Waals surface area contributed by atoms with Crippen molar-refractivity contribution in [3.8, 4) is 6.07 Å². The van der Waals surface area contributed by atoms with Crippen molar-refractivity contribution in [3.63, 3.8) is 0 Å². The van der Waals surface area contributed by atoms with Gasteiger partial charge < -0.3 is 9.84 Å². The van der Waals surface area contributed by atoms with E-state index in [1.54, 1.807) is 25.2 Å². The number of nitriles is 1. The first kappa shape index (κ1) is 15.8. The fourth-order valence-corrected chi connectivity index (χ4v) is 4.33. The van der Waals surface area contributed by atoms with Gasteiger partial charge in [0.15, 0.2) is 0 Å². The van der Waals surface area contributed by atoms with Gasteiger partial charge in [0, 0.05) is 4.88 Å². The average molecular weight is 329 g/mol. The van der Waals surface area contributed by atoms with Gasteiger partial charge in [0.25, 0.3) is 5.91 Å². The van der Waals surface area contributed by atoms with Crippen LogP contribution in [0, 0.1) is 25.2 Å². The van der Waals surface area contributed by atoms with Crippen LogP contribution in [0.3, 0.4) is 0 Å². The van der Waals surface area contributed by atoms with Gasteiger partial charge in [-0.1, -0.05) is 18.0 Å². The second-order valence-electron chi connectivity index (χ2n) is 5.89. The van der Waals surface area contributed by atoms with E-state index < -0.39 is 0 Å². The predicted molar refractivity (Wildman–Crippen MR) is 88.8 cm³/mol. The molecule has 1 amide bonds. The number of thiophene rings is 1. The van der Waals surface area contributed by atoms with E-state index >= 15 is 0 Å². The van der Waals surface area contributed by atoms with Gasteiger partial charge in [-0.15, -0.1) is 11.3 Å². The highest BCUT2D eigenvalue weighted by atomic mass is 32.1. The first-order valence-corrected chi connectivity index (χ1v) is 8.72. The van der Waals surface area contributed by atoms with Crippen LogP contribution in [0.4, 0.5) is 5.00 Å². The van der Waals surface area contributed by atoms with Gasteiger partial charge in [0.2, 0.25) is 0 Å². The molecule has 5 nitrogen and oxygen atoms in total. The van der Waals surface area contributed by atoms with E-state index in [0.717, 1.165) is 31.2 Å². The fourth-order valence-electron chi connectivity index (χ4n) is 3.10. The van der Waals surface area contributed by atoms with E-state index in [9.17, 15) is 10.1 Å². The van der Waals surface area contributed by atoms with Crippen molar-refractivity contribution >= 4 is 22.2 Å². The number of aromatic nitrogens is 1. The molecule has 2 aromatic rings. The van der Waals surface area contributed by atoms with E-state index in [2.05, 4.69) is 16.5 Å². The van der Waals surface area contributed by atoms with Crippen molar-refractivity contribution in [1.29, 1.82) is 5.26 Å². The van der Waals surface area contributed by atoms with Gasteiger partial charge in [-0.3, -0.25) is 4.79 Å². The Balaban J connectivity index is 1.93. The molecule has 0 radical (unpaired) electrons. The molecule has 3 rings (SSSR count). The molecule has 0 aromatic carbocycles. The number of amides is 1. The lowest BCUT2D eigenvalue weighted by atomic mass is 9.97. The Morgan fingerprint density at radius 2 is 2.00 bits per heavy atom. The molecule has 2 aromatic heterocycles. The number of anilines is 1. The first-order valence-electron chi connectivity index (χ1n) is 7.90. The molecule has 0 unspecified atom stereocenters. The molecule has 0 saturated heterocycles. The summed E-state index contributed by atoms with van der Waals surface area (Å²) in [5, 5.41) is 16.9. The van der Waals surface area contributed by atoms with Gasteiger partial charge in [-0.25, -0.2) is 0 Å². The third-order valence-electron chi connectivity index (χ3n) is 4.27. The Hall–Kier alpha value is -2.13. The normalized spacial score (nSPS) is 14.5. The third kappa shape index (κ3) is 3.02. The van der Waals surface area contributed by atoms with Crippen LogP contribution in [0.1, 0.15) is 63.5 Å².